The van der Waals surface area contributed by atoms with Gasteiger partial charge in [0.15, 0.2) is 0 Å². The second-order valence-corrected chi connectivity index (χ2v) is 5.67. The number of halogens is 1. The van der Waals surface area contributed by atoms with Crippen molar-refractivity contribution in [3.05, 3.63) is 77.1 Å². The summed E-state index contributed by atoms with van der Waals surface area (Å²) in [6.45, 7) is 2.12. The van der Waals surface area contributed by atoms with Gasteiger partial charge in [0.1, 0.15) is 11.9 Å². The zero-order valence-electron chi connectivity index (χ0n) is 13.1. The molecule has 1 N–H and O–H groups in total. The number of nitrogens with zero attached hydrogens (tertiary/aromatic N) is 4. The summed E-state index contributed by atoms with van der Waals surface area (Å²) in [6.07, 6.45) is 2.94. The first kappa shape index (κ1) is 14.6. The molecular weight excluding hydrogens is 305 g/mol. The van der Waals surface area contributed by atoms with Gasteiger partial charge < -0.3 is 5.32 Å². The maximum atomic E-state index is 14.3. The van der Waals surface area contributed by atoms with Gasteiger partial charge in [0, 0.05) is 11.3 Å². The monoisotopic (exact) mass is 321 g/mol. The molecule has 0 radical (unpaired) electrons. The summed E-state index contributed by atoms with van der Waals surface area (Å²) in [5.74, 6) is 0.225. The molecule has 0 bridgehead atoms. The first-order valence-corrected chi connectivity index (χ1v) is 7.86. The summed E-state index contributed by atoms with van der Waals surface area (Å²) in [5, 5.41) is 14.9. The molecule has 0 unspecified atom stereocenters. The lowest BCUT2D eigenvalue weighted by Crippen LogP contribution is -2.21. The zero-order valence-corrected chi connectivity index (χ0v) is 13.1. The van der Waals surface area contributed by atoms with E-state index in [9.17, 15) is 4.39 Å². The number of hydrogen-bond acceptors (Lipinski definition) is 4. The predicted octanol–water partition coefficient (Wildman–Crippen LogP) is 3.43. The van der Waals surface area contributed by atoms with Crippen LogP contribution in [0.5, 0.6) is 0 Å². The highest BCUT2D eigenvalue weighted by Gasteiger charge is 2.26. The number of hydrogen-bond donors (Lipinski definition) is 1. The minimum absolute atomic E-state index is 0.275. The van der Waals surface area contributed by atoms with Crippen LogP contribution in [0, 0.1) is 5.82 Å². The Bertz CT molecular complexity index is 898. The fraction of sp³-hybridized carbons (Fsp3) is 0.167. The fourth-order valence-electron chi connectivity index (χ4n) is 2.88. The Morgan fingerprint density at radius 3 is 2.67 bits per heavy atom. The molecule has 6 heteroatoms. The Morgan fingerprint density at radius 1 is 1.12 bits per heavy atom. The highest BCUT2D eigenvalue weighted by molar-refractivity contribution is 5.77. The van der Waals surface area contributed by atoms with E-state index in [2.05, 4.69) is 52.0 Å². The van der Waals surface area contributed by atoms with E-state index in [1.807, 2.05) is 12.1 Å². The molecule has 1 aromatic heterocycles. The standard InChI is InChI=1S/C18H16FN5/c1-2-12-7-9-13(10-8-12)16-11-17(14-5-3-4-6-15(14)19)24-18(20-16)21-22-23-24/h3-11,17H,2H2,1H3,(H,20,21,23)/t17-/m1/s1. The van der Waals surface area contributed by atoms with Crippen molar-refractivity contribution in [1.29, 1.82) is 0 Å². The van der Waals surface area contributed by atoms with E-state index in [-0.39, 0.29) is 5.82 Å². The molecule has 4 rings (SSSR count). The van der Waals surface area contributed by atoms with Gasteiger partial charge in [-0.2, -0.15) is 4.68 Å². The smallest absolute Gasteiger partial charge is 0.248 e. The van der Waals surface area contributed by atoms with Gasteiger partial charge in [-0.15, -0.1) is 0 Å². The molecule has 1 atom stereocenters. The van der Waals surface area contributed by atoms with E-state index >= 15 is 0 Å². The average molecular weight is 321 g/mol. The van der Waals surface area contributed by atoms with Crippen LogP contribution < -0.4 is 5.32 Å². The molecular formula is C18H16FN5. The largest absolute Gasteiger partial charge is 0.323 e. The zero-order chi connectivity index (χ0) is 16.5. The van der Waals surface area contributed by atoms with E-state index in [1.165, 1.54) is 11.6 Å². The van der Waals surface area contributed by atoms with Crippen LogP contribution in [0.4, 0.5) is 10.3 Å². The summed E-state index contributed by atoms with van der Waals surface area (Å²) in [4.78, 5) is 0. The number of aromatic nitrogens is 4. The normalized spacial score (nSPS) is 16.2. The molecule has 2 aromatic carbocycles. The summed E-state index contributed by atoms with van der Waals surface area (Å²) >= 11 is 0. The summed E-state index contributed by atoms with van der Waals surface area (Å²) < 4.78 is 15.9. The highest BCUT2D eigenvalue weighted by Crippen LogP contribution is 2.32. The Kier molecular flexibility index (Phi) is 3.57. The third-order valence-corrected chi connectivity index (χ3v) is 4.22. The molecule has 5 nitrogen and oxygen atoms in total. The van der Waals surface area contributed by atoms with E-state index in [1.54, 1.807) is 16.8 Å². The lowest BCUT2D eigenvalue weighted by Gasteiger charge is -2.23. The minimum atomic E-state index is -0.390. The Morgan fingerprint density at radius 2 is 1.92 bits per heavy atom. The Hall–Kier alpha value is -3.02. The van der Waals surface area contributed by atoms with Gasteiger partial charge in [-0.25, -0.2) is 4.39 Å². The fourth-order valence-corrected chi connectivity index (χ4v) is 2.88. The van der Waals surface area contributed by atoms with Crippen LogP contribution in [0.25, 0.3) is 5.70 Å². The predicted molar refractivity (Wildman–Crippen MR) is 89.8 cm³/mol. The molecule has 0 fully saturated rings. The molecule has 0 amide bonds. The first-order valence-electron chi connectivity index (χ1n) is 7.86. The van der Waals surface area contributed by atoms with Crippen molar-refractivity contribution in [1.82, 2.24) is 20.2 Å². The van der Waals surface area contributed by atoms with Crippen molar-refractivity contribution in [2.75, 3.05) is 5.32 Å². The van der Waals surface area contributed by atoms with Crippen LogP contribution in [0.15, 0.2) is 54.6 Å². The highest BCUT2D eigenvalue weighted by atomic mass is 19.1. The first-order chi connectivity index (χ1) is 11.8. The maximum absolute atomic E-state index is 14.3. The molecule has 24 heavy (non-hydrogen) atoms. The van der Waals surface area contributed by atoms with Crippen LogP contribution in [-0.2, 0) is 6.42 Å². The van der Waals surface area contributed by atoms with Crippen LogP contribution >= 0.6 is 0 Å². The van der Waals surface area contributed by atoms with Gasteiger partial charge in [0.25, 0.3) is 0 Å². The second-order valence-electron chi connectivity index (χ2n) is 5.67. The van der Waals surface area contributed by atoms with Gasteiger partial charge in [0.05, 0.1) is 0 Å². The van der Waals surface area contributed by atoms with Gasteiger partial charge in [0.2, 0.25) is 5.95 Å². The number of benzene rings is 2. The van der Waals surface area contributed by atoms with Crippen molar-refractivity contribution in [2.45, 2.75) is 19.4 Å². The Balaban J connectivity index is 1.80. The minimum Gasteiger partial charge on any atom is -0.323 e. The number of nitrogens with one attached hydrogen (secondary N) is 1. The maximum Gasteiger partial charge on any atom is 0.248 e. The molecule has 0 saturated carbocycles. The Labute approximate surface area is 138 Å². The van der Waals surface area contributed by atoms with Crippen molar-refractivity contribution >= 4 is 11.6 Å². The average Bonchev–Trinajstić information content (AvgIpc) is 3.10. The lowest BCUT2D eigenvalue weighted by atomic mass is 10.0. The van der Waals surface area contributed by atoms with Gasteiger partial charge in [-0.05, 0) is 40.1 Å². The summed E-state index contributed by atoms with van der Waals surface area (Å²) in [5.41, 5.74) is 3.69. The van der Waals surface area contributed by atoms with Crippen LogP contribution in [0.1, 0.15) is 29.7 Å². The molecule has 0 aliphatic carbocycles. The van der Waals surface area contributed by atoms with Gasteiger partial charge in [-0.3, -0.25) is 0 Å². The third-order valence-electron chi connectivity index (χ3n) is 4.22. The molecule has 1 aliphatic heterocycles. The van der Waals surface area contributed by atoms with Crippen molar-refractivity contribution in [3.63, 3.8) is 0 Å². The van der Waals surface area contributed by atoms with Crippen LogP contribution in [0.3, 0.4) is 0 Å². The van der Waals surface area contributed by atoms with Gasteiger partial charge in [-0.1, -0.05) is 54.5 Å². The summed E-state index contributed by atoms with van der Waals surface area (Å²) in [7, 11) is 0. The van der Waals surface area contributed by atoms with Crippen LogP contribution in [-0.4, -0.2) is 20.2 Å². The third kappa shape index (κ3) is 2.46. The molecule has 120 valence electrons. The van der Waals surface area contributed by atoms with Crippen molar-refractivity contribution in [2.24, 2.45) is 0 Å². The number of aryl methyl sites for hydroxylation is 1. The number of allylic oxidation sites excluding steroid dienone is 1. The molecule has 0 saturated heterocycles. The number of fused-ring (bicyclic) bond motifs is 1. The van der Waals surface area contributed by atoms with Crippen LogP contribution in [0.2, 0.25) is 0 Å². The van der Waals surface area contributed by atoms with Gasteiger partial charge >= 0.3 is 0 Å². The van der Waals surface area contributed by atoms with Crippen molar-refractivity contribution < 1.29 is 4.39 Å². The summed E-state index contributed by atoms with van der Waals surface area (Å²) in [6, 6.07) is 14.6. The van der Waals surface area contributed by atoms with Crippen molar-refractivity contribution in [3.8, 4) is 0 Å². The quantitative estimate of drug-likeness (QED) is 0.803. The lowest BCUT2D eigenvalue weighted by molar-refractivity contribution is 0.540. The second kappa shape index (κ2) is 5.88. The number of rotatable bonds is 3. The van der Waals surface area contributed by atoms with E-state index < -0.39 is 6.04 Å². The molecule has 1 aliphatic rings. The number of anilines is 1. The van der Waals surface area contributed by atoms with E-state index in [0.29, 0.717) is 11.5 Å². The van der Waals surface area contributed by atoms with E-state index in [4.69, 9.17) is 0 Å². The van der Waals surface area contributed by atoms with E-state index in [0.717, 1.165) is 17.7 Å². The topological polar surface area (TPSA) is 55.6 Å². The molecule has 2 heterocycles. The molecule has 0 spiro atoms. The number of tetrazole rings is 1. The molecule has 3 aromatic rings. The SMILES string of the molecule is CCc1ccc(C2=C[C@H](c3ccccc3F)n3nnnc3N2)cc1.